The first-order chi connectivity index (χ1) is 14.0. The molecule has 7 heteroatoms. The minimum Gasteiger partial charge on any atom is -0.481 e. The standard InChI is InChI=1S/C22H26N2O4S/c1-3-4-5-13-6-8-14(9-7-13)19-12(2)29-22(23-19)24-20(25)17-15-10-11-16(28-15)18(17)21(26)27/h6-9,15-18H,3-5,10-11H2,1-2H3,(H,26,27)(H,23,24,25)/t15-,16-,17-,18-/m1/s1. The molecule has 154 valence electrons. The molecule has 1 aromatic heterocycles. The van der Waals surface area contributed by atoms with Crippen molar-refractivity contribution in [3.8, 4) is 11.3 Å². The van der Waals surface area contributed by atoms with Gasteiger partial charge in [-0.15, -0.1) is 11.3 Å². The molecule has 6 nitrogen and oxygen atoms in total. The first-order valence-electron chi connectivity index (χ1n) is 10.2. The third kappa shape index (κ3) is 3.94. The SMILES string of the molecule is CCCCc1ccc(-c2nc(NC(=O)[C@H]3[C@H](C(=O)O)[C@H]4CC[C@H]3O4)sc2C)cc1. The lowest BCUT2D eigenvalue weighted by atomic mass is 9.79. The van der Waals surface area contributed by atoms with Gasteiger partial charge in [0.25, 0.3) is 0 Å². The molecule has 2 fully saturated rings. The number of carboxylic acids is 1. The number of carbonyl (C=O) groups excluding carboxylic acids is 1. The summed E-state index contributed by atoms with van der Waals surface area (Å²) in [6.07, 6.45) is 4.20. The minimum atomic E-state index is -0.962. The van der Waals surface area contributed by atoms with Crippen LogP contribution in [0.25, 0.3) is 11.3 Å². The maximum absolute atomic E-state index is 12.8. The fourth-order valence-electron chi connectivity index (χ4n) is 4.44. The number of hydrogen-bond donors (Lipinski definition) is 2. The van der Waals surface area contributed by atoms with Gasteiger partial charge in [0.2, 0.25) is 5.91 Å². The number of unbranched alkanes of at least 4 members (excludes halogenated alkanes) is 1. The van der Waals surface area contributed by atoms with Crippen LogP contribution in [-0.4, -0.2) is 34.2 Å². The Kier molecular flexibility index (Phi) is 5.69. The second-order valence-electron chi connectivity index (χ2n) is 7.89. The summed E-state index contributed by atoms with van der Waals surface area (Å²) < 4.78 is 5.70. The van der Waals surface area contributed by atoms with Gasteiger partial charge in [-0.1, -0.05) is 37.6 Å². The van der Waals surface area contributed by atoms with E-state index in [1.807, 2.05) is 6.92 Å². The number of aryl methyl sites for hydroxylation is 2. The van der Waals surface area contributed by atoms with Gasteiger partial charge >= 0.3 is 5.97 Å². The van der Waals surface area contributed by atoms with Gasteiger partial charge in [0.1, 0.15) is 0 Å². The molecular weight excluding hydrogens is 388 g/mol. The van der Waals surface area contributed by atoms with Crippen LogP contribution in [0, 0.1) is 18.8 Å². The number of thiazole rings is 1. The summed E-state index contributed by atoms with van der Waals surface area (Å²) in [5, 5.41) is 12.9. The van der Waals surface area contributed by atoms with Gasteiger partial charge in [-0.25, -0.2) is 4.98 Å². The van der Waals surface area contributed by atoms with E-state index in [2.05, 4.69) is 41.5 Å². The first kappa shape index (κ1) is 20.0. The molecule has 29 heavy (non-hydrogen) atoms. The quantitative estimate of drug-likeness (QED) is 0.706. The normalized spacial score (nSPS) is 25.3. The lowest BCUT2D eigenvalue weighted by molar-refractivity contribution is -0.147. The zero-order valence-corrected chi connectivity index (χ0v) is 17.5. The molecule has 0 aliphatic carbocycles. The summed E-state index contributed by atoms with van der Waals surface area (Å²) in [5.74, 6) is -2.70. The smallest absolute Gasteiger partial charge is 0.310 e. The highest BCUT2D eigenvalue weighted by molar-refractivity contribution is 7.16. The molecule has 2 aliphatic rings. The second kappa shape index (κ2) is 8.24. The Balaban J connectivity index is 1.48. The van der Waals surface area contributed by atoms with Crippen LogP contribution in [0.4, 0.5) is 5.13 Å². The van der Waals surface area contributed by atoms with Crippen molar-refractivity contribution in [2.45, 2.75) is 58.2 Å². The summed E-state index contributed by atoms with van der Waals surface area (Å²) in [4.78, 5) is 30.1. The number of carbonyl (C=O) groups is 2. The summed E-state index contributed by atoms with van der Waals surface area (Å²) in [6.45, 7) is 4.17. The van der Waals surface area contributed by atoms with Crippen molar-refractivity contribution in [2.75, 3.05) is 5.32 Å². The summed E-state index contributed by atoms with van der Waals surface area (Å²) >= 11 is 1.41. The number of ether oxygens (including phenoxy) is 1. The monoisotopic (exact) mass is 414 g/mol. The van der Waals surface area contributed by atoms with Crippen molar-refractivity contribution in [1.29, 1.82) is 0 Å². The molecule has 0 radical (unpaired) electrons. The maximum Gasteiger partial charge on any atom is 0.310 e. The van der Waals surface area contributed by atoms with E-state index in [9.17, 15) is 14.7 Å². The van der Waals surface area contributed by atoms with Crippen LogP contribution in [0.3, 0.4) is 0 Å². The van der Waals surface area contributed by atoms with Gasteiger partial charge < -0.3 is 15.2 Å². The summed E-state index contributed by atoms with van der Waals surface area (Å²) in [6, 6.07) is 8.41. The Bertz CT molecular complexity index is 908. The number of rotatable bonds is 7. The molecule has 1 amide bonds. The van der Waals surface area contributed by atoms with Crippen molar-refractivity contribution in [1.82, 2.24) is 4.98 Å². The van der Waals surface area contributed by atoms with Gasteiger partial charge in [-0.2, -0.15) is 0 Å². The second-order valence-corrected chi connectivity index (χ2v) is 9.10. The van der Waals surface area contributed by atoms with E-state index in [4.69, 9.17) is 4.74 Å². The molecule has 4 rings (SSSR count). The van der Waals surface area contributed by atoms with Crippen molar-refractivity contribution < 1.29 is 19.4 Å². The van der Waals surface area contributed by atoms with Gasteiger partial charge in [0.15, 0.2) is 5.13 Å². The molecule has 2 saturated heterocycles. The molecule has 2 N–H and O–H groups in total. The van der Waals surface area contributed by atoms with E-state index in [0.717, 1.165) is 29.0 Å². The van der Waals surface area contributed by atoms with E-state index >= 15 is 0 Å². The Labute approximate surface area is 174 Å². The number of amides is 1. The van der Waals surface area contributed by atoms with E-state index in [1.165, 1.54) is 29.7 Å². The Morgan fingerprint density at radius 3 is 2.55 bits per heavy atom. The summed E-state index contributed by atoms with van der Waals surface area (Å²) in [5.41, 5.74) is 3.19. The van der Waals surface area contributed by atoms with Crippen LogP contribution >= 0.6 is 11.3 Å². The number of carboxylic acid groups (broad SMARTS) is 1. The number of nitrogens with one attached hydrogen (secondary N) is 1. The van der Waals surface area contributed by atoms with Crippen LogP contribution in [0.15, 0.2) is 24.3 Å². The van der Waals surface area contributed by atoms with Crippen LogP contribution < -0.4 is 5.32 Å². The Morgan fingerprint density at radius 1 is 1.21 bits per heavy atom. The van der Waals surface area contributed by atoms with Crippen molar-refractivity contribution >= 4 is 28.3 Å². The predicted octanol–water partition coefficient (Wildman–Crippen LogP) is 4.28. The highest BCUT2D eigenvalue weighted by Gasteiger charge is 2.55. The number of fused-ring (bicyclic) bond motifs is 2. The highest BCUT2D eigenvalue weighted by Crippen LogP contribution is 2.44. The molecule has 2 aliphatic heterocycles. The Hall–Kier alpha value is -2.25. The highest BCUT2D eigenvalue weighted by atomic mass is 32.1. The number of benzene rings is 1. The lowest BCUT2D eigenvalue weighted by Crippen LogP contribution is -2.40. The topological polar surface area (TPSA) is 88.5 Å². The molecule has 0 spiro atoms. The van der Waals surface area contributed by atoms with Gasteiger partial charge in [0, 0.05) is 10.4 Å². The van der Waals surface area contributed by atoms with Crippen LogP contribution in [-0.2, 0) is 20.7 Å². The number of hydrogen-bond acceptors (Lipinski definition) is 5. The molecule has 2 aromatic rings. The van der Waals surface area contributed by atoms with Crippen molar-refractivity contribution in [3.63, 3.8) is 0 Å². The Morgan fingerprint density at radius 2 is 1.90 bits per heavy atom. The van der Waals surface area contributed by atoms with E-state index in [-0.39, 0.29) is 18.1 Å². The van der Waals surface area contributed by atoms with Crippen LogP contribution in [0.5, 0.6) is 0 Å². The zero-order valence-electron chi connectivity index (χ0n) is 16.7. The van der Waals surface area contributed by atoms with E-state index in [1.54, 1.807) is 0 Å². The number of aliphatic carboxylic acids is 1. The summed E-state index contributed by atoms with van der Waals surface area (Å²) in [7, 11) is 0. The molecule has 4 atom stereocenters. The van der Waals surface area contributed by atoms with Crippen molar-refractivity contribution in [3.05, 3.63) is 34.7 Å². The maximum atomic E-state index is 12.8. The van der Waals surface area contributed by atoms with E-state index < -0.39 is 17.8 Å². The molecule has 1 aromatic carbocycles. The average molecular weight is 415 g/mol. The fourth-order valence-corrected chi connectivity index (χ4v) is 5.28. The molecule has 0 saturated carbocycles. The van der Waals surface area contributed by atoms with Crippen LogP contribution in [0.1, 0.15) is 43.0 Å². The average Bonchev–Trinajstić information content (AvgIpc) is 3.41. The van der Waals surface area contributed by atoms with Crippen LogP contribution in [0.2, 0.25) is 0 Å². The van der Waals surface area contributed by atoms with Gasteiger partial charge in [0.05, 0.1) is 29.7 Å². The third-order valence-corrected chi connectivity index (χ3v) is 6.82. The zero-order chi connectivity index (χ0) is 20.5. The van der Waals surface area contributed by atoms with Gasteiger partial charge in [-0.05, 0) is 38.2 Å². The largest absolute Gasteiger partial charge is 0.481 e. The van der Waals surface area contributed by atoms with E-state index in [0.29, 0.717) is 11.6 Å². The number of nitrogens with zero attached hydrogens (tertiary/aromatic N) is 1. The fraction of sp³-hybridized carbons (Fsp3) is 0.500. The number of anilines is 1. The molecule has 3 heterocycles. The minimum absolute atomic E-state index is 0.306. The molecule has 0 unspecified atom stereocenters. The molecular formula is C22H26N2O4S. The molecule has 2 bridgehead atoms. The third-order valence-electron chi connectivity index (χ3n) is 5.93. The predicted molar refractivity (Wildman–Crippen MR) is 112 cm³/mol. The number of aromatic nitrogens is 1. The van der Waals surface area contributed by atoms with Crippen molar-refractivity contribution in [2.24, 2.45) is 11.8 Å². The van der Waals surface area contributed by atoms with Gasteiger partial charge in [-0.3, -0.25) is 9.59 Å². The lowest BCUT2D eigenvalue weighted by Gasteiger charge is -2.23. The first-order valence-corrected chi connectivity index (χ1v) is 11.1.